The highest BCUT2D eigenvalue weighted by molar-refractivity contribution is 7.99. The minimum atomic E-state index is -0.173. The number of hydrogen-bond donors (Lipinski definition) is 1. The van der Waals surface area contributed by atoms with Crippen LogP contribution in [-0.4, -0.2) is 38.7 Å². The van der Waals surface area contributed by atoms with E-state index in [1.807, 2.05) is 73.1 Å². The zero-order valence-electron chi connectivity index (χ0n) is 17.3. The molecule has 0 saturated heterocycles. The number of ether oxygens (including phenoxy) is 1. The van der Waals surface area contributed by atoms with Gasteiger partial charge in [-0.2, -0.15) is 5.10 Å². The number of nitrogens with one attached hydrogen (secondary N) is 1. The highest BCUT2D eigenvalue weighted by Gasteiger charge is 2.16. The van der Waals surface area contributed by atoms with E-state index in [-0.39, 0.29) is 11.7 Å². The quantitative estimate of drug-likeness (QED) is 0.433. The zero-order chi connectivity index (χ0) is 21.8. The summed E-state index contributed by atoms with van der Waals surface area (Å²) in [7, 11) is 1.61. The van der Waals surface area contributed by atoms with Crippen LogP contribution in [0.4, 0.5) is 5.69 Å². The lowest BCUT2D eigenvalue weighted by molar-refractivity contribution is -0.113. The van der Waals surface area contributed by atoms with Crippen LogP contribution in [0.15, 0.2) is 64.2 Å². The molecule has 0 bridgehead atoms. The molecular formula is C22H21N5O3S. The zero-order valence-corrected chi connectivity index (χ0v) is 18.1. The van der Waals surface area contributed by atoms with Crippen molar-refractivity contribution in [2.24, 2.45) is 0 Å². The number of nitrogens with zero attached hydrogens (tertiary/aromatic N) is 4. The second-order valence-electron chi connectivity index (χ2n) is 6.73. The summed E-state index contributed by atoms with van der Waals surface area (Å²) in [5, 5.41) is 15.9. The second kappa shape index (κ2) is 9.05. The lowest BCUT2D eigenvalue weighted by Gasteiger charge is -2.06. The van der Waals surface area contributed by atoms with Crippen molar-refractivity contribution in [1.29, 1.82) is 0 Å². The van der Waals surface area contributed by atoms with Crippen molar-refractivity contribution in [2.75, 3.05) is 18.2 Å². The number of aromatic nitrogens is 4. The molecule has 158 valence electrons. The molecule has 2 heterocycles. The molecule has 2 aromatic heterocycles. The van der Waals surface area contributed by atoms with Gasteiger partial charge < -0.3 is 14.5 Å². The Hall–Kier alpha value is -3.59. The van der Waals surface area contributed by atoms with Gasteiger partial charge in [0, 0.05) is 5.56 Å². The molecule has 1 N–H and O–H groups in total. The van der Waals surface area contributed by atoms with Gasteiger partial charge in [-0.3, -0.25) is 4.79 Å². The number of carbonyl (C=O) groups excluding carboxylic acids is 1. The van der Waals surface area contributed by atoms with Crippen LogP contribution in [0, 0.1) is 13.8 Å². The first-order valence-electron chi connectivity index (χ1n) is 9.57. The summed E-state index contributed by atoms with van der Waals surface area (Å²) in [4.78, 5) is 12.5. The van der Waals surface area contributed by atoms with Gasteiger partial charge >= 0.3 is 0 Å². The summed E-state index contributed by atoms with van der Waals surface area (Å²) in [6, 6.07) is 17.1. The number of thioether (sulfide) groups is 1. The summed E-state index contributed by atoms with van der Waals surface area (Å²) < 4.78 is 12.6. The van der Waals surface area contributed by atoms with E-state index in [1.54, 1.807) is 7.11 Å². The molecule has 4 rings (SSSR count). The van der Waals surface area contributed by atoms with Crippen LogP contribution in [0.3, 0.4) is 0 Å². The Morgan fingerprint density at radius 2 is 1.84 bits per heavy atom. The maximum Gasteiger partial charge on any atom is 0.277 e. The van der Waals surface area contributed by atoms with Crippen molar-refractivity contribution in [3.63, 3.8) is 0 Å². The van der Waals surface area contributed by atoms with E-state index >= 15 is 0 Å². The molecule has 2 aromatic carbocycles. The number of para-hydroxylation sites is 1. The Labute approximate surface area is 183 Å². The van der Waals surface area contributed by atoms with Crippen molar-refractivity contribution in [3.8, 4) is 22.9 Å². The van der Waals surface area contributed by atoms with Gasteiger partial charge in [0.2, 0.25) is 11.8 Å². The molecule has 4 aromatic rings. The number of aryl methyl sites for hydroxylation is 1. The van der Waals surface area contributed by atoms with Gasteiger partial charge in [-0.25, -0.2) is 4.68 Å². The number of carbonyl (C=O) groups is 1. The SMILES string of the molecule is COc1ccc(-c2nnc(SCC(=O)Nc3c(C)nn(-c4ccccc4)c3C)o2)cc1. The lowest BCUT2D eigenvalue weighted by atomic mass is 10.2. The van der Waals surface area contributed by atoms with Crippen LogP contribution in [-0.2, 0) is 4.79 Å². The molecule has 0 radical (unpaired) electrons. The molecule has 0 aliphatic rings. The Bertz CT molecular complexity index is 1190. The molecule has 0 saturated carbocycles. The third kappa shape index (κ3) is 4.61. The van der Waals surface area contributed by atoms with E-state index in [1.165, 1.54) is 11.8 Å². The van der Waals surface area contributed by atoms with Crippen molar-refractivity contribution in [1.82, 2.24) is 20.0 Å². The normalized spacial score (nSPS) is 10.8. The Morgan fingerprint density at radius 1 is 1.10 bits per heavy atom. The van der Waals surface area contributed by atoms with Crippen molar-refractivity contribution in [3.05, 3.63) is 66.0 Å². The highest BCUT2D eigenvalue weighted by Crippen LogP contribution is 2.26. The number of benzene rings is 2. The number of methoxy groups -OCH3 is 1. The minimum Gasteiger partial charge on any atom is -0.497 e. The monoisotopic (exact) mass is 435 g/mol. The Kier molecular flexibility index (Phi) is 6.03. The van der Waals surface area contributed by atoms with Crippen molar-refractivity contribution in [2.45, 2.75) is 19.1 Å². The van der Waals surface area contributed by atoms with Crippen LogP contribution in [0.25, 0.3) is 17.1 Å². The molecule has 0 unspecified atom stereocenters. The summed E-state index contributed by atoms with van der Waals surface area (Å²) in [5.41, 5.74) is 4.04. The first-order valence-corrected chi connectivity index (χ1v) is 10.6. The van der Waals surface area contributed by atoms with E-state index in [9.17, 15) is 4.79 Å². The summed E-state index contributed by atoms with van der Waals surface area (Å²) in [5.74, 6) is 1.10. The van der Waals surface area contributed by atoms with Gasteiger partial charge in [0.1, 0.15) is 5.75 Å². The molecule has 1 amide bonds. The standard InChI is InChI=1S/C22H21N5O3S/c1-14-20(15(2)27(26-14)17-7-5-4-6-8-17)23-19(28)13-31-22-25-24-21(30-22)16-9-11-18(29-3)12-10-16/h4-12H,13H2,1-3H3,(H,23,28). The third-order valence-corrected chi connectivity index (χ3v) is 5.45. The number of amides is 1. The van der Waals surface area contributed by atoms with Gasteiger partial charge in [-0.15, -0.1) is 10.2 Å². The molecule has 0 fully saturated rings. The lowest BCUT2D eigenvalue weighted by Crippen LogP contribution is -2.15. The second-order valence-corrected chi connectivity index (χ2v) is 7.66. The van der Waals surface area contributed by atoms with Gasteiger partial charge in [-0.1, -0.05) is 30.0 Å². The first-order chi connectivity index (χ1) is 15.0. The van der Waals surface area contributed by atoms with Crippen LogP contribution in [0.2, 0.25) is 0 Å². The number of anilines is 1. The molecule has 31 heavy (non-hydrogen) atoms. The molecule has 9 heteroatoms. The number of hydrogen-bond acceptors (Lipinski definition) is 7. The molecule has 0 aliphatic carbocycles. The summed E-state index contributed by atoms with van der Waals surface area (Å²) in [6.45, 7) is 3.79. The van der Waals surface area contributed by atoms with Crippen molar-refractivity contribution >= 4 is 23.4 Å². The van der Waals surface area contributed by atoms with Crippen LogP contribution < -0.4 is 10.1 Å². The Balaban J connectivity index is 1.39. The molecular weight excluding hydrogens is 414 g/mol. The largest absolute Gasteiger partial charge is 0.497 e. The predicted octanol–water partition coefficient (Wildman–Crippen LogP) is 4.28. The predicted molar refractivity (Wildman–Crippen MR) is 119 cm³/mol. The molecule has 8 nitrogen and oxygen atoms in total. The molecule has 0 aliphatic heterocycles. The summed E-state index contributed by atoms with van der Waals surface area (Å²) in [6.07, 6.45) is 0. The van der Waals surface area contributed by atoms with E-state index < -0.39 is 0 Å². The van der Waals surface area contributed by atoms with Crippen molar-refractivity contribution < 1.29 is 13.9 Å². The average molecular weight is 436 g/mol. The van der Waals surface area contributed by atoms with Crippen LogP contribution in [0.5, 0.6) is 5.75 Å². The fourth-order valence-electron chi connectivity index (χ4n) is 3.07. The third-order valence-electron chi connectivity index (χ3n) is 4.63. The van der Waals surface area contributed by atoms with Crippen LogP contribution >= 0.6 is 11.8 Å². The summed E-state index contributed by atoms with van der Waals surface area (Å²) >= 11 is 1.18. The van der Waals surface area contributed by atoms with E-state index in [0.29, 0.717) is 16.8 Å². The topological polar surface area (TPSA) is 95.1 Å². The Morgan fingerprint density at radius 3 is 2.55 bits per heavy atom. The maximum absolute atomic E-state index is 12.5. The average Bonchev–Trinajstić information content (AvgIpc) is 3.39. The molecule has 0 spiro atoms. The van der Waals surface area contributed by atoms with Crippen LogP contribution in [0.1, 0.15) is 11.4 Å². The smallest absolute Gasteiger partial charge is 0.277 e. The minimum absolute atomic E-state index is 0.139. The maximum atomic E-state index is 12.5. The van der Waals surface area contributed by atoms with Gasteiger partial charge in [0.15, 0.2) is 0 Å². The van der Waals surface area contributed by atoms with Gasteiger partial charge in [-0.05, 0) is 50.2 Å². The van der Waals surface area contributed by atoms with Gasteiger partial charge in [0.05, 0.1) is 35.6 Å². The highest BCUT2D eigenvalue weighted by atomic mass is 32.2. The number of rotatable bonds is 7. The first kappa shape index (κ1) is 20.7. The van der Waals surface area contributed by atoms with E-state index in [4.69, 9.17) is 9.15 Å². The molecule has 0 atom stereocenters. The van der Waals surface area contributed by atoms with E-state index in [0.717, 1.165) is 28.4 Å². The van der Waals surface area contributed by atoms with Gasteiger partial charge in [0.25, 0.3) is 5.22 Å². The fraction of sp³-hybridized carbons (Fsp3) is 0.182. The fourth-order valence-corrected chi connectivity index (χ4v) is 3.63. The van der Waals surface area contributed by atoms with E-state index in [2.05, 4.69) is 20.6 Å².